The second-order valence-electron chi connectivity index (χ2n) is 6.65. The molecule has 2 heterocycles. The first-order valence-electron chi connectivity index (χ1n) is 9.94. The second-order valence-corrected chi connectivity index (χ2v) is 7.06. The number of fused-ring (bicyclic) bond motifs is 1. The van der Waals surface area contributed by atoms with Gasteiger partial charge in [-0.2, -0.15) is 0 Å². The number of likely N-dealkylation sites (N-methyl/N-ethyl adjacent to an activating group) is 1. The molecule has 0 fully saturated rings. The molecule has 1 N–H and O–H groups in total. The molecule has 0 atom stereocenters. The van der Waals surface area contributed by atoms with Gasteiger partial charge >= 0.3 is 0 Å². The fraction of sp³-hybridized carbons (Fsp3) is 0.318. The lowest BCUT2D eigenvalue weighted by molar-refractivity contribution is -0.131. The van der Waals surface area contributed by atoms with Gasteiger partial charge in [0.05, 0.1) is 11.6 Å². The lowest BCUT2D eigenvalue weighted by atomic mass is 10.2. The molecule has 3 rings (SSSR count). The van der Waals surface area contributed by atoms with Gasteiger partial charge in [-0.05, 0) is 51.1 Å². The van der Waals surface area contributed by atoms with Gasteiger partial charge in [0.1, 0.15) is 6.54 Å². The predicted octanol–water partition coefficient (Wildman–Crippen LogP) is 4.21. The number of carbonyl (C=O) groups is 2. The summed E-state index contributed by atoms with van der Waals surface area (Å²) in [7, 11) is 0. The minimum absolute atomic E-state index is 0.0739. The number of anilines is 1. The molecule has 7 nitrogen and oxygen atoms in total. The van der Waals surface area contributed by atoms with Crippen molar-refractivity contribution in [1.29, 1.82) is 0 Å². The van der Waals surface area contributed by atoms with E-state index in [2.05, 4.69) is 10.3 Å². The van der Waals surface area contributed by atoms with Crippen LogP contribution >= 0.6 is 11.6 Å². The highest BCUT2D eigenvalue weighted by Crippen LogP contribution is 2.23. The van der Waals surface area contributed by atoms with E-state index in [1.165, 1.54) is 0 Å². The average Bonchev–Trinajstić information content (AvgIpc) is 3.12. The molecule has 1 aromatic carbocycles. The van der Waals surface area contributed by atoms with Crippen LogP contribution in [0.1, 0.15) is 31.3 Å². The van der Waals surface area contributed by atoms with E-state index < -0.39 is 5.91 Å². The predicted molar refractivity (Wildman–Crippen MR) is 118 cm³/mol. The van der Waals surface area contributed by atoms with Crippen molar-refractivity contribution in [2.24, 2.45) is 0 Å². The largest absolute Gasteiger partial charge is 0.478 e. The quantitative estimate of drug-likeness (QED) is 0.583. The maximum absolute atomic E-state index is 12.7. The fourth-order valence-electron chi connectivity index (χ4n) is 3.24. The number of hydrogen-bond acceptors (Lipinski definition) is 4. The van der Waals surface area contributed by atoms with Gasteiger partial charge in [0.25, 0.3) is 5.91 Å². The number of carbonyl (C=O) groups excluding carboxylic acids is 2. The molecule has 8 heteroatoms. The Bertz CT molecular complexity index is 1060. The number of rotatable bonds is 8. The summed E-state index contributed by atoms with van der Waals surface area (Å²) in [5.74, 6) is -0.000676. The minimum Gasteiger partial charge on any atom is -0.478 e. The second kappa shape index (κ2) is 9.63. The first-order valence-corrected chi connectivity index (χ1v) is 10.3. The lowest BCUT2D eigenvalue weighted by Gasteiger charge is -2.19. The van der Waals surface area contributed by atoms with Crippen molar-refractivity contribution in [3.63, 3.8) is 0 Å². The molecule has 2 amide bonds. The van der Waals surface area contributed by atoms with Gasteiger partial charge in [-0.15, -0.1) is 0 Å². The molecule has 0 radical (unpaired) electrons. The van der Waals surface area contributed by atoms with Gasteiger partial charge in [-0.1, -0.05) is 11.6 Å². The monoisotopic (exact) mass is 428 g/mol. The molecule has 0 aliphatic rings. The summed E-state index contributed by atoms with van der Waals surface area (Å²) < 4.78 is 7.25. The lowest BCUT2D eigenvalue weighted by Crippen LogP contribution is -2.33. The van der Waals surface area contributed by atoms with Crippen molar-refractivity contribution in [1.82, 2.24) is 14.5 Å². The van der Waals surface area contributed by atoms with E-state index >= 15 is 0 Å². The summed E-state index contributed by atoms with van der Waals surface area (Å²) >= 11 is 6.14. The summed E-state index contributed by atoms with van der Waals surface area (Å²) in [6.45, 7) is 7.87. The molecule has 3 aromatic rings. The molecular formula is C22H25ClN4O3. The highest BCUT2D eigenvalue weighted by molar-refractivity contribution is 6.34. The van der Waals surface area contributed by atoms with Crippen LogP contribution in [0, 0.1) is 0 Å². The summed E-state index contributed by atoms with van der Waals surface area (Å²) in [5.41, 5.74) is 1.63. The standard InChI is InChI=1S/C22H25ClN4O3/c1-4-26(5-2)20(28)14-27-12-11-15-13-16(7-9-18(15)27)24-22(29)21-17(23)8-10-19(25-21)30-6-3/h7-13H,4-6,14H2,1-3H3,(H,24,29). The molecule has 0 spiro atoms. The van der Waals surface area contributed by atoms with Crippen molar-refractivity contribution < 1.29 is 14.3 Å². The Morgan fingerprint density at radius 1 is 1.13 bits per heavy atom. The van der Waals surface area contributed by atoms with Gasteiger partial charge in [0.2, 0.25) is 11.8 Å². The van der Waals surface area contributed by atoms with Crippen molar-refractivity contribution in [3.05, 3.63) is 53.3 Å². The number of ether oxygens (including phenoxy) is 1. The zero-order valence-electron chi connectivity index (χ0n) is 17.3. The van der Waals surface area contributed by atoms with Crippen LogP contribution in [0.2, 0.25) is 5.02 Å². The first-order chi connectivity index (χ1) is 14.5. The van der Waals surface area contributed by atoms with Crippen LogP contribution in [0.15, 0.2) is 42.6 Å². The minimum atomic E-state index is -0.419. The average molecular weight is 429 g/mol. The molecule has 0 aliphatic heterocycles. The van der Waals surface area contributed by atoms with Crippen LogP contribution in [-0.4, -0.2) is 46.0 Å². The normalized spacial score (nSPS) is 10.8. The number of nitrogens with one attached hydrogen (secondary N) is 1. The SMILES string of the molecule is CCOc1ccc(Cl)c(C(=O)Nc2ccc3c(ccn3CC(=O)N(CC)CC)c2)n1. The van der Waals surface area contributed by atoms with Crippen LogP contribution in [0.4, 0.5) is 5.69 Å². The maximum atomic E-state index is 12.7. The topological polar surface area (TPSA) is 76.5 Å². The van der Waals surface area contributed by atoms with Gasteiger partial charge in [-0.25, -0.2) is 4.98 Å². The van der Waals surface area contributed by atoms with Gasteiger partial charge < -0.3 is 19.5 Å². The Hall–Kier alpha value is -3.06. The van der Waals surface area contributed by atoms with E-state index in [-0.39, 0.29) is 23.2 Å². The molecule has 158 valence electrons. The Balaban J connectivity index is 1.78. The van der Waals surface area contributed by atoms with E-state index in [1.807, 2.05) is 49.7 Å². The zero-order chi connectivity index (χ0) is 21.7. The number of amides is 2. The third-order valence-corrected chi connectivity index (χ3v) is 5.08. The zero-order valence-corrected chi connectivity index (χ0v) is 18.1. The summed E-state index contributed by atoms with van der Waals surface area (Å²) in [6.07, 6.45) is 1.88. The number of aromatic nitrogens is 2. The Kier molecular flexibility index (Phi) is 6.95. The first kappa shape index (κ1) is 21.6. The third-order valence-electron chi connectivity index (χ3n) is 4.78. The van der Waals surface area contributed by atoms with Crippen LogP contribution < -0.4 is 10.1 Å². The Labute approximate surface area is 180 Å². The number of hydrogen-bond donors (Lipinski definition) is 1. The Morgan fingerprint density at radius 2 is 1.90 bits per heavy atom. The molecule has 30 heavy (non-hydrogen) atoms. The number of benzene rings is 1. The van der Waals surface area contributed by atoms with Crippen LogP contribution in [0.5, 0.6) is 5.88 Å². The molecule has 0 aliphatic carbocycles. The van der Waals surface area contributed by atoms with E-state index in [0.717, 1.165) is 10.9 Å². The number of halogens is 1. The smallest absolute Gasteiger partial charge is 0.275 e. The number of nitrogens with zero attached hydrogens (tertiary/aromatic N) is 3. The van der Waals surface area contributed by atoms with Crippen molar-refractivity contribution >= 4 is 40.0 Å². The van der Waals surface area contributed by atoms with Crippen molar-refractivity contribution in [2.75, 3.05) is 25.0 Å². The van der Waals surface area contributed by atoms with E-state index in [0.29, 0.717) is 31.3 Å². The highest BCUT2D eigenvalue weighted by atomic mass is 35.5. The van der Waals surface area contributed by atoms with Crippen molar-refractivity contribution in [2.45, 2.75) is 27.3 Å². The molecule has 0 bridgehead atoms. The summed E-state index contributed by atoms with van der Waals surface area (Å²) in [5, 5.41) is 3.99. The number of pyridine rings is 1. The van der Waals surface area contributed by atoms with E-state index in [9.17, 15) is 9.59 Å². The molecule has 2 aromatic heterocycles. The fourth-order valence-corrected chi connectivity index (χ4v) is 3.43. The molecule has 0 saturated heterocycles. The molecule has 0 unspecified atom stereocenters. The van der Waals surface area contributed by atoms with E-state index in [1.54, 1.807) is 23.1 Å². The van der Waals surface area contributed by atoms with Crippen LogP contribution in [0.3, 0.4) is 0 Å². The summed E-state index contributed by atoms with van der Waals surface area (Å²) in [4.78, 5) is 31.0. The third kappa shape index (κ3) is 4.74. The van der Waals surface area contributed by atoms with Crippen molar-refractivity contribution in [3.8, 4) is 5.88 Å². The van der Waals surface area contributed by atoms with Gasteiger partial charge in [0.15, 0.2) is 5.69 Å². The highest BCUT2D eigenvalue weighted by Gasteiger charge is 2.15. The van der Waals surface area contributed by atoms with Gasteiger partial charge in [-0.3, -0.25) is 9.59 Å². The molecular weight excluding hydrogens is 404 g/mol. The van der Waals surface area contributed by atoms with Gasteiger partial charge in [0, 0.05) is 41.9 Å². The Morgan fingerprint density at radius 3 is 2.60 bits per heavy atom. The van der Waals surface area contributed by atoms with Crippen LogP contribution in [-0.2, 0) is 11.3 Å². The maximum Gasteiger partial charge on any atom is 0.275 e. The van der Waals surface area contributed by atoms with E-state index in [4.69, 9.17) is 16.3 Å². The molecule has 0 saturated carbocycles. The van der Waals surface area contributed by atoms with Crippen LogP contribution in [0.25, 0.3) is 10.9 Å². The summed E-state index contributed by atoms with van der Waals surface area (Å²) in [6, 6.07) is 10.7.